The molecule has 0 heterocycles. The van der Waals surface area contributed by atoms with Crippen molar-refractivity contribution in [1.82, 2.24) is 4.72 Å². The van der Waals surface area contributed by atoms with E-state index in [4.69, 9.17) is 0 Å². The summed E-state index contributed by atoms with van der Waals surface area (Å²) >= 11 is 3.45. The number of aryl methyl sites for hydroxylation is 1. The van der Waals surface area contributed by atoms with E-state index in [9.17, 15) is 8.42 Å². The average molecular weight is 408 g/mol. The first-order valence-corrected chi connectivity index (χ1v) is 10.5. The molecule has 0 aliphatic heterocycles. The van der Waals surface area contributed by atoms with E-state index in [-0.39, 0.29) is 11.5 Å². The van der Waals surface area contributed by atoms with E-state index in [1.54, 1.807) is 12.1 Å². The van der Waals surface area contributed by atoms with Crippen LogP contribution in [0.2, 0.25) is 0 Å². The minimum Gasteiger partial charge on any atom is -0.207 e. The van der Waals surface area contributed by atoms with Crippen molar-refractivity contribution in [2.45, 2.75) is 49.5 Å². The zero-order valence-electron chi connectivity index (χ0n) is 13.9. The highest BCUT2D eigenvalue weighted by molar-refractivity contribution is 9.10. The Kier molecular flexibility index (Phi) is 4.87. The van der Waals surface area contributed by atoms with Crippen LogP contribution in [0.1, 0.15) is 37.8 Å². The lowest BCUT2D eigenvalue weighted by molar-refractivity contribution is 0.494. The topological polar surface area (TPSA) is 46.2 Å². The lowest BCUT2D eigenvalue weighted by Gasteiger charge is -2.25. The standard InChI is InChI=1S/C19H22BrNO2S/c1-3-15-4-10-18(11-5-15)24(22,23)21-14(2)19(12-13-19)16-6-8-17(20)9-7-16/h4-11,14,21H,3,12-13H2,1-2H3. The Morgan fingerprint density at radius 3 is 2.17 bits per heavy atom. The van der Waals surface area contributed by atoms with Crippen LogP contribution in [-0.2, 0) is 21.9 Å². The maximum absolute atomic E-state index is 12.7. The maximum Gasteiger partial charge on any atom is 0.240 e. The predicted octanol–water partition coefficient (Wildman–Crippen LogP) is 4.41. The largest absolute Gasteiger partial charge is 0.240 e. The maximum atomic E-state index is 12.7. The van der Waals surface area contributed by atoms with E-state index in [0.717, 1.165) is 29.3 Å². The summed E-state index contributed by atoms with van der Waals surface area (Å²) < 4.78 is 29.3. The molecule has 0 saturated heterocycles. The quantitative estimate of drug-likeness (QED) is 0.770. The second kappa shape index (κ2) is 6.62. The first-order chi connectivity index (χ1) is 11.4. The second-order valence-electron chi connectivity index (χ2n) is 6.50. The Labute approximate surface area is 152 Å². The van der Waals surface area contributed by atoms with Crippen LogP contribution in [0.4, 0.5) is 0 Å². The van der Waals surface area contributed by atoms with Crippen molar-refractivity contribution in [3.63, 3.8) is 0 Å². The third-order valence-corrected chi connectivity index (χ3v) is 7.10. The summed E-state index contributed by atoms with van der Waals surface area (Å²) in [5.41, 5.74) is 2.25. The van der Waals surface area contributed by atoms with Crippen LogP contribution in [0.15, 0.2) is 57.9 Å². The highest BCUT2D eigenvalue weighted by Gasteiger charge is 2.49. The van der Waals surface area contributed by atoms with Gasteiger partial charge in [-0.1, -0.05) is 47.1 Å². The molecule has 5 heteroatoms. The van der Waals surface area contributed by atoms with Crippen molar-refractivity contribution >= 4 is 26.0 Å². The Bertz CT molecular complexity index is 809. The minimum absolute atomic E-state index is 0.0862. The molecule has 1 aliphatic carbocycles. The molecule has 3 nitrogen and oxygen atoms in total. The van der Waals surface area contributed by atoms with Gasteiger partial charge in [-0.05, 0) is 61.6 Å². The summed E-state index contributed by atoms with van der Waals surface area (Å²) in [6.45, 7) is 4.02. The molecule has 0 amide bonds. The molecule has 1 fully saturated rings. The normalized spacial score (nSPS) is 17.5. The summed E-state index contributed by atoms with van der Waals surface area (Å²) in [6, 6.07) is 15.2. The van der Waals surface area contributed by atoms with Crippen molar-refractivity contribution < 1.29 is 8.42 Å². The minimum atomic E-state index is -3.50. The molecule has 3 rings (SSSR count). The van der Waals surface area contributed by atoms with E-state index in [2.05, 4.69) is 39.7 Å². The van der Waals surface area contributed by atoms with Crippen molar-refractivity contribution in [2.75, 3.05) is 0 Å². The summed E-state index contributed by atoms with van der Waals surface area (Å²) in [5, 5.41) is 0. The molecular formula is C19H22BrNO2S. The van der Waals surface area contributed by atoms with E-state index in [0.29, 0.717) is 4.90 Å². The van der Waals surface area contributed by atoms with Gasteiger partial charge >= 0.3 is 0 Å². The Balaban J connectivity index is 1.80. The van der Waals surface area contributed by atoms with Crippen molar-refractivity contribution in [2.24, 2.45) is 0 Å². The van der Waals surface area contributed by atoms with Crippen molar-refractivity contribution in [1.29, 1.82) is 0 Å². The fourth-order valence-electron chi connectivity index (χ4n) is 3.21. The molecule has 1 aliphatic rings. The molecule has 24 heavy (non-hydrogen) atoms. The predicted molar refractivity (Wildman–Crippen MR) is 101 cm³/mol. The number of rotatable bonds is 6. The van der Waals surface area contributed by atoms with Gasteiger partial charge in [-0.2, -0.15) is 0 Å². The summed E-state index contributed by atoms with van der Waals surface area (Å²) in [6.07, 6.45) is 2.91. The fourth-order valence-corrected chi connectivity index (χ4v) is 4.79. The Morgan fingerprint density at radius 2 is 1.67 bits per heavy atom. The molecule has 1 unspecified atom stereocenters. The molecule has 0 spiro atoms. The molecule has 0 radical (unpaired) electrons. The molecule has 0 aromatic heterocycles. The summed E-state index contributed by atoms with van der Waals surface area (Å²) in [7, 11) is -3.50. The summed E-state index contributed by atoms with van der Waals surface area (Å²) in [5.74, 6) is 0. The van der Waals surface area contributed by atoms with Crippen LogP contribution < -0.4 is 4.72 Å². The van der Waals surface area contributed by atoms with Crippen LogP contribution in [-0.4, -0.2) is 14.5 Å². The third-order valence-electron chi connectivity index (χ3n) is 5.01. The SMILES string of the molecule is CCc1ccc(S(=O)(=O)NC(C)C2(c3ccc(Br)cc3)CC2)cc1. The third kappa shape index (κ3) is 3.44. The first kappa shape index (κ1) is 17.6. The number of sulfonamides is 1. The Morgan fingerprint density at radius 1 is 1.08 bits per heavy atom. The summed E-state index contributed by atoms with van der Waals surface area (Å²) in [4.78, 5) is 0.332. The van der Waals surface area contributed by atoms with Crippen molar-refractivity contribution in [3.8, 4) is 0 Å². The molecule has 2 aromatic carbocycles. The van der Waals surface area contributed by atoms with Gasteiger partial charge in [-0.15, -0.1) is 0 Å². The van der Waals surface area contributed by atoms with Crippen molar-refractivity contribution in [3.05, 3.63) is 64.1 Å². The van der Waals surface area contributed by atoms with Crippen LogP contribution >= 0.6 is 15.9 Å². The molecule has 128 valence electrons. The molecule has 0 bridgehead atoms. The smallest absolute Gasteiger partial charge is 0.207 e. The van der Waals surface area contributed by atoms with E-state index in [1.807, 2.05) is 31.2 Å². The van der Waals surface area contributed by atoms with Gasteiger partial charge in [0.05, 0.1) is 4.90 Å². The number of nitrogens with one attached hydrogen (secondary N) is 1. The van der Waals surface area contributed by atoms with Gasteiger partial charge in [-0.25, -0.2) is 13.1 Å². The van der Waals surface area contributed by atoms with Gasteiger partial charge in [0, 0.05) is 15.9 Å². The van der Waals surface area contributed by atoms with Gasteiger partial charge in [0.1, 0.15) is 0 Å². The number of benzene rings is 2. The fraction of sp³-hybridized carbons (Fsp3) is 0.368. The van der Waals surface area contributed by atoms with Crippen LogP contribution in [0.3, 0.4) is 0 Å². The van der Waals surface area contributed by atoms with E-state index in [1.165, 1.54) is 5.56 Å². The van der Waals surface area contributed by atoms with Crippen LogP contribution in [0.5, 0.6) is 0 Å². The number of halogens is 1. The lowest BCUT2D eigenvalue weighted by Crippen LogP contribution is -2.41. The molecule has 1 N–H and O–H groups in total. The zero-order chi connectivity index (χ0) is 17.4. The van der Waals surface area contributed by atoms with Gasteiger partial charge in [0.25, 0.3) is 0 Å². The monoisotopic (exact) mass is 407 g/mol. The average Bonchev–Trinajstić information content (AvgIpc) is 3.37. The van der Waals surface area contributed by atoms with E-state index >= 15 is 0 Å². The zero-order valence-corrected chi connectivity index (χ0v) is 16.3. The second-order valence-corrected chi connectivity index (χ2v) is 9.13. The number of hydrogen-bond acceptors (Lipinski definition) is 2. The first-order valence-electron chi connectivity index (χ1n) is 8.25. The molecule has 1 saturated carbocycles. The highest BCUT2D eigenvalue weighted by Crippen LogP contribution is 2.51. The Hall–Kier alpha value is -1.17. The van der Waals surface area contributed by atoms with Crippen LogP contribution in [0, 0.1) is 0 Å². The van der Waals surface area contributed by atoms with Crippen LogP contribution in [0.25, 0.3) is 0 Å². The number of hydrogen-bond donors (Lipinski definition) is 1. The molecule has 1 atom stereocenters. The molecule has 2 aromatic rings. The lowest BCUT2D eigenvalue weighted by atomic mass is 9.90. The van der Waals surface area contributed by atoms with E-state index < -0.39 is 10.0 Å². The molecular weight excluding hydrogens is 386 g/mol. The van der Waals surface area contributed by atoms with Gasteiger partial charge < -0.3 is 0 Å². The van der Waals surface area contributed by atoms with Gasteiger partial charge in [-0.3, -0.25) is 0 Å². The van der Waals surface area contributed by atoms with Gasteiger partial charge in [0.2, 0.25) is 10.0 Å². The van der Waals surface area contributed by atoms with Gasteiger partial charge in [0.15, 0.2) is 0 Å². The highest BCUT2D eigenvalue weighted by atomic mass is 79.9.